The van der Waals surface area contributed by atoms with Gasteiger partial charge in [-0.15, -0.1) is 0 Å². The molecule has 0 aromatic heterocycles. The lowest BCUT2D eigenvalue weighted by molar-refractivity contribution is -0.123. The van der Waals surface area contributed by atoms with Gasteiger partial charge in [0.25, 0.3) is 5.91 Å². The SMILES string of the molecule is CCc1ccc([C@H](C)NC(=O)COc2cccc(C)c2)cc1. The second-order valence-corrected chi connectivity index (χ2v) is 5.49. The second-order valence-electron chi connectivity index (χ2n) is 5.49. The van der Waals surface area contributed by atoms with Crippen LogP contribution < -0.4 is 10.1 Å². The van der Waals surface area contributed by atoms with Crippen molar-refractivity contribution in [2.24, 2.45) is 0 Å². The van der Waals surface area contributed by atoms with Crippen molar-refractivity contribution in [2.45, 2.75) is 33.2 Å². The summed E-state index contributed by atoms with van der Waals surface area (Å²) >= 11 is 0. The van der Waals surface area contributed by atoms with Crippen LogP contribution in [-0.4, -0.2) is 12.5 Å². The molecule has 3 heteroatoms. The van der Waals surface area contributed by atoms with E-state index in [0.29, 0.717) is 0 Å². The number of carbonyl (C=O) groups excluding carboxylic acids is 1. The maximum atomic E-state index is 12.0. The van der Waals surface area contributed by atoms with Gasteiger partial charge in [0.05, 0.1) is 6.04 Å². The molecule has 0 aliphatic rings. The molecule has 0 unspecified atom stereocenters. The molecular formula is C19H23NO2. The van der Waals surface area contributed by atoms with E-state index in [0.717, 1.165) is 23.3 Å². The van der Waals surface area contributed by atoms with Crippen LogP contribution in [0, 0.1) is 6.92 Å². The van der Waals surface area contributed by atoms with Crippen LogP contribution in [0.2, 0.25) is 0 Å². The predicted octanol–water partition coefficient (Wildman–Crippen LogP) is 3.81. The monoisotopic (exact) mass is 297 g/mol. The van der Waals surface area contributed by atoms with Crippen LogP contribution in [0.1, 0.15) is 36.6 Å². The zero-order valence-corrected chi connectivity index (χ0v) is 13.4. The van der Waals surface area contributed by atoms with Gasteiger partial charge in [0.2, 0.25) is 0 Å². The molecule has 2 aromatic carbocycles. The number of ether oxygens (including phenoxy) is 1. The molecule has 2 aromatic rings. The Bertz CT molecular complexity index is 620. The standard InChI is InChI=1S/C19H23NO2/c1-4-16-8-10-17(11-9-16)15(3)20-19(21)13-22-18-7-5-6-14(2)12-18/h5-12,15H,4,13H2,1-3H3,(H,20,21)/t15-/m0/s1. The first-order chi connectivity index (χ1) is 10.6. The van der Waals surface area contributed by atoms with E-state index in [1.165, 1.54) is 5.56 Å². The first kappa shape index (κ1) is 16.1. The van der Waals surface area contributed by atoms with Crippen LogP contribution in [0.5, 0.6) is 5.75 Å². The highest BCUT2D eigenvalue weighted by atomic mass is 16.5. The van der Waals surface area contributed by atoms with Crippen molar-refractivity contribution in [1.29, 1.82) is 0 Å². The van der Waals surface area contributed by atoms with Crippen molar-refractivity contribution in [3.63, 3.8) is 0 Å². The zero-order valence-electron chi connectivity index (χ0n) is 13.4. The Labute approximate surface area is 132 Å². The van der Waals surface area contributed by atoms with Gasteiger partial charge in [0.1, 0.15) is 5.75 Å². The molecule has 3 nitrogen and oxygen atoms in total. The van der Waals surface area contributed by atoms with Crippen LogP contribution in [0.15, 0.2) is 48.5 Å². The number of benzene rings is 2. The van der Waals surface area contributed by atoms with Crippen LogP contribution in [0.25, 0.3) is 0 Å². The van der Waals surface area contributed by atoms with Gasteiger partial charge in [-0.2, -0.15) is 0 Å². The highest BCUT2D eigenvalue weighted by molar-refractivity contribution is 5.78. The first-order valence-electron chi connectivity index (χ1n) is 7.66. The number of aryl methyl sites for hydroxylation is 2. The van der Waals surface area contributed by atoms with Crippen molar-refractivity contribution in [3.05, 3.63) is 65.2 Å². The molecule has 1 N–H and O–H groups in total. The molecular weight excluding hydrogens is 274 g/mol. The van der Waals surface area contributed by atoms with Crippen LogP contribution >= 0.6 is 0 Å². The summed E-state index contributed by atoms with van der Waals surface area (Å²) in [4.78, 5) is 12.0. The minimum Gasteiger partial charge on any atom is -0.484 e. The van der Waals surface area contributed by atoms with Crippen molar-refractivity contribution < 1.29 is 9.53 Å². The highest BCUT2D eigenvalue weighted by Crippen LogP contribution is 2.14. The molecule has 2 rings (SSSR count). The number of nitrogens with one attached hydrogen (secondary N) is 1. The van der Waals surface area contributed by atoms with Crippen molar-refractivity contribution in [3.8, 4) is 5.75 Å². The molecule has 0 heterocycles. The van der Waals surface area contributed by atoms with Gasteiger partial charge in [-0.1, -0.05) is 43.3 Å². The lowest BCUT2D eigenvalue weighted by Crippen LogP contribution is -2.31. The molecule has 0 aliphatic carbocycles. The van der Waals surface area contributed by atoms with Gasteiger partial charge in [-0.3, -0.25) is 4.79 Å². The third-order valence-corrected chi connectivity index (χ3v) is 3.62. The van der Waals surface area contributed by atoms with E-state index in [2.05, 4.69) is 36.5 Å². The molecule has 0 spiro atoms. The number of hydrogen-bond acceptors (Lipinski definition) is 2. The molecule has 0 saturated carbocycles. The van der Waals surface area contributed by atoms with E-state index in [1.807, 2.05) is 38.1 Å². The molecule has 0 saturated heterocycles. The summed E-state index contributed by atoms with van der Waals surface area (Å²) in [6, 6.07) is 16.0. The topological polar surface area (TPSA) is 38.3 Å². The summed E-state index contributed by atoms with van der Waals surface area (Å²) < 4.78 is 5.51. The van der Waals surface area contributed by atoms with Gasteiger partial charge in [-0.25, -0.2) is 0 Å². The summed E-state index contributed by atoms with van der Waals surface area (Å²) in [6.45, 7) is 6.13. The Morgan fingerprint density at radius 2 is 1.91 bits per heavy atom. The maximum absolute atomic E-state index is 12.0. The van der Waals surface area contributed by atoms with E-state index in [1.54, 1.807) is 0 Å². The molecule has 0 bridgehead atoms. The summed E-state index contributed by atoms with van der Waals surface area (Å²) in [5, 5.41) is 2.95. The van der Waals surface area contributed by atoms with Crippen LogP contribution in [-0.2, 0) is 11.2 Å². The average molecular weight is 297 g/mol. The second kappa shape index (κ2) is 7.64. The predicted molar refractivity (Wildman–Crippen MR) is 89.1 cm³/mol. The minimum atomic E-state index is -0.117. The zero-order chi connectivity index (χ0) is 15.9. The first-order valence-corrected chi connectivity index (χ1v) is 7.66. The highest BCUT2D eigenvalue weighted by Gasteiger charge is 2.10. The third-order valence-electron chi connectivity index (χ3n) is 3.62. The lowest BCUT2D eigenvalue weighted by atomic mass is 10.1. The van der Waals surface area contributed by atoms with Gasteiger partial charge in [0.15, 0.2) is 6.61 Å². The molecule has 1 atom stereocenters. The normalized spacial score (nSPS) is 11.8. The number of rotatable bonds is 6. The molecule has 0 fully saturated rings. The largest absolute Gasteiger partial charge is 0.484 e. The fourth-order valence-electron chi connectivity index (χ4n) is 2.26. The Balaban J connectivity index is 1.85. The minimum absolute atomic E-state index is 0.0282. The van der Waals surface area contributed by atoms with Gasteiger partial charge < -0.3 is 10.1 Å². The van der Waals surface area contributed by atoms with E-state index in [9.17, 15) is 4.79 Å². The summed E-state index contributed by atoms with van der Waals surface area (Å²) in [5.74, 6) is 0.601. The Hall–Kier alpha value is -2.29. The Morgan fingerprint density at radius 3 is 2.55 bits per heavy atom. The summed E-state index contributed by atoms with van der Waals surface area (Å²) in [6.07, 6.45) is 1.02. The van der Waals surface area contributed by atoms with E-state index in [4.69, 9.17) is 4.74 Å². The summed E-state index contributed by atoms with van der Waals surface area (Å²) in [5.41, 5.74) is 3.51. The number of amides is 1. The molecule has 0 aliphatic heterocycles. The van der Waals surface area contributed by atoms with Gasteiger partial charge in [-0.05, 0) is 49.1 Å². The van der Waals surface area contributed by atoms with E-state index >= 15 is 0 Å². The van der Waals surface area contributed by atoms with Crippen molar-refractivity contribution >= 4 is 5.91 Å². The number of hydrogen-bond donors (Lipinski definition) is 1. The van der Waals surface area contributed by atoms with Crippen molar-refractivity contribution in [1.82, 2.24) is 5.32 Å². The van der Waals surface area contributed by atoms with Crippen LogP contribution in [0.3, 0.4) is 0 Å². The maximum Gasteiger partial charge on any atom is 0.258 e. The average Bonchev–Trinajstić information content (AvgIpc) is 2.53. The Morgan fingerprint density at radius 1 is 1.18 bits per heavy atom. The lowest BCUT2D eigenvalue weighted by Gasteiger charge is -2.15. The fourth-order valence-corrected chi connectivity index (χ4v) is 2.26. The Kier molecular flexibility index (Phi) is 5.59. The number of carbonyl (C=O) groups is 1. The molecule has 22 heavy (non-hydrogen) atoms. The van der Waals surface area contributed by atoms with Crippen molar-refractivity contribution in [2.75, 3.05) is 6.61 Å². The quantitative estimate of drug-likeness (QED) is 0.880. The molecule has 0 radical (unpaired) electrons. The van der Waals surface area contributed by atoms with E-state index in [-0.39, 0.29) is 18.6 Å². The van der Waals surface area contributed by atoms with Crippen LogP contribution in [0.4, 0.5) is 0 Å². The third kappa shape index (κ3) is 4.62. The van der Waals surface area contributed by atoms with Gasteiger partial charge in [0, 0.05) is 0 Å². The summed E-state index contributed by atoms with van der Waals surface area (Å²) in [7, 11) is 0. The fraction of sp³-hybridized carbons (Fsp3) is 0.316. The van der Waals surface area contributed by atoms with Gasteiger partial charge >= 0.3 is 0 Å². The molecule has 116 valence electrons. The van der Waals surface area contributed by atoms with E-state index < -0.39 is 0 Å². The smallest absolute Gasteiger partial charge is 0.258 e. The molecule has 1 amide bonds.